The Bertz CT molecular complexity index is 1040. The third kappa shape index (κ3) is 3.40. The molecule has 0 spiro atoms. The van der Waals surface area contributed by atoms with Gasteiger partial charge in [-0.25, -0.2) is 0 Å². The number of hydrogen-bond donors (Lipinski definition) is 2. The number of fused-ring (bicyclic) bond motifs is 1. The van der Waals surface area contributed by atoms with E-state index in [1.165, 1.54) is 0 Å². The Labute approximate surface area is 170 Å². The first-order valence-electron chi connectivity index (χ1n) is 9.76. The summed E-state index contributed by atoms with van der Waals surface area (Å²) in [5, 5.41) is 17.8. The number of carbonyl (C=O) groups excluding carboxylic acids is 1. The number of H-pyrrole nitrogens is 1. The highest BCUT2D eigenvalue weighted by atomic mass is 16.5. The number of rotatable bonds is 6. The number of ether oxygens (including phenoxy) is 1. The van der Waals surface area contributed by atoms with Crippen LogP contribution in [-0.4, -0.2) is 46.4 Å². The minimum Gasteiger partial charge on any atom is -0.507 e. The molecule has 2 aromatic carbocycles. The minimum absolute atomic E-state index is 0.0763. The van der Waals surface area contributed by atoms with Crippen LogP contribution < -0.4 is 0 Å². The molecular weight excluding hydrogens is 366 g/mol. The van der Waals surface area contributed by atoms with Gasteiger partial charge in [0.05, 0.1) is 6.04 Å². The van der Waals surface area contributed by atoms with Crippen molar-refractivity contribution in [1.82, 2.24) is 15.1 Å². The number of amides is 1. The van der Waals surface area contributed by atoms with E-state index in [1.807, 2.05) is 30.9 Å². The molecule has 29 heavy (non-hydrogen) atoms. The number of nitrogens with one attached hydrogen (secondary N) is 1. The average Bonchev–Trinajstić information content (AvgIpc) is 3.24. The molecule has 1 amide bonds. The summed E-state index contributed by atoms with van der Waals surface area (Å²) in [6, 6.07) is 13.4. The molecule has 3 aromatic rings. The van der Waals surface area contributed by atoms with Crippen molar-refractivity contribution in [3.8, 4) is 17.0 Å². The summed E-state index contributed by atoms with van der Waals surface area (Å²) in [4.78, 5) is 15.1. The molecule has 1 aliphatic heterocycles. The van der Waals surface area contributed by atoms with Crippen LogP contribution in [0.5, 0.6) is 5.75 Å². The summed E-state index contributed by atoms with van der Waals surface area (Å²) in [5.41, 5.74) is 5.76. The molecule has 0 bridgehead atoms. The Morgan fingerprint density at radius 1 is 1.14 bits per heavy atom. The number of carbonyl (C=O) groups is 1. The number of phenols is 1. The summed E-state index contributed by atoms with van der Waals surface area (Å²) in [6.45, 7) is 5.17. The molecule has 0 saturated carbocycles. The van der Waals surface area contributed by atoms with Crippen LogP contribution in [0.3, 0.4) is 0 Å². The van der Waals surface area contributed by atoms with Crippen molar-refractivity contribution in [3.63, 3.8) is 0 Å². The standard InChI is InChI=1S/C23H25N3O3/c1-14-5-8-16(9-6-14)22-19-20(17-13-15(2)7-10-18(17)27)24-25-21(19)23(28)26(22)11-4-12-29-3/h5-10,13,22,27H,4,11-12H2,1-3H3,(H,24,25)/t22-/m1/s1. The second-order valence-corrected chi connectivity index (χ2v) is 7.54. The minimum atomic E-state index is -0.261. The topological polar surface area (TPSA) is 78.5 Å². The Morgan fingerprint density at radius 2 is 1.86 bits per heavy atom. The predicted octanol–water partition coefficient (Wildman–Crippen LogP) is 3.98. The number of aromatic nitrogens is 2. The summed E-state index contributed by atoms with van der Waals surface area (Å²) in [5.74, 6) is 0.0745. The lowest BCUT2D eigenvalue weighted by Gasteiger charge is -2.26. The third-order valence-electron chi connectivity index (χ3n) is 5.41. The lowest BCUT2D eigenvalue weighted by Crippen LogP contribution is -2.31. The van der Waals surface area contributed by atoms with Gasteiger partial charge in [0.25, 0.3) is 5.91 Å². The molecule has 4 rings (SSSR count). The van der Waals surface area contributed by atoms with E-state index < -0.39 is 0 Å². The molecule has 0 unspecified atom stereocenters. The van der Waals surface area contributed by atoms with Gasteiger partial charge in [-0.2, -0.15) is 5.10 Å². The van der Waals surface area contributed by atoms with Crippen molar-refractivity contribution in [3.05, 3.63) is 70.4 Å². The van der Waals surface area contributed by atoms with Gasteiger partial charge in [-0.1, -0.05) is 41.5 Å². The molecule has 150 valence electrons. The highest BCUT2D eigenvalue weighted by molar-refractivity contribution is 6.00. The molecule has 1 aromatic heterocycles. The molecule has 1 aliphatic rings. The fourth-order valence-corrected chi connectivity index (χ4v) is 3.95. The van der Waals surface area contributed by atoms with Crippen LogP contribution in [-0.2, 0) is 4.74 Å². The molecule has 1 atom stereocenters. The summed E-state index contributed by atoms with van der Waals surface area (Å²) in [6.07, 6.45) is 0.743. The molecule has 0 fully saturated rings. The molecule has 0 aliphatic carbocycles. The van der Waals surface area contributed by atoms with Crippen LogP contribution in [0, 0.1) is 13.8 Å². The highest BCUT2D eigenvalue weighted by Gasteiger charge is 2.42. The third-order valence-corrected chi connectivity index (χ3v) is 5.41. The Kier molecular flexibility index (Phi) is 5.11. The molecule has 6 nitrogen and oxygen atoms in total. The smallest absolute Gasteiger partial charge is 0.273 e. The van der Waals surface area contributed by atoms with E-state index in [0.717, 1.165) is 28.7 Å². The number of nitrogens with zero attached hydrogens (tertiary/aromatic N) is 2. The zero-order valence-corrected chi connectivity index (χ0v) is 16.9. The monoisotopic (exact) mass is 391 g/mol. The van der Waals surface area contributed by atoms with E-state index >= 15 is 0 Å². The quantitative estimate of drug-likeness (QED) is 0.623. The zero-order chi connectivity index (χ0) is 20.5. The number of benzene rings is 2. The van der Waals surface area contributed by atoms with Crippen LogP contribution in [0.25, 0.3) is 11.3 Å². The molecule has 6 heteroatoms. The fourth-order valence-electron chi connectivity index (χ4n) is 3.95. The van der Waals surface area contributed by atoms with Crippen molar-refractivity contribution in [2.75, 3.05) is 20.3 Å². The van der Waals surface area contributed by atoms with Crippen molar-refractivity contribution in [1.29, 1.82) is 0 Å². The molecule has 0 radical (unpaired) electrons. The summed E-state index contributed by atoms with van der Waals surface area (Å²) < 4.78 is 5.18. The Morgan fingerprint density at radius 3 is 2.59 bits per heavy atom. The largest absolute Gasteiger partial charge is 0.507 e. The van der Waals surface area contributed by atoms with Crippen molar-refractivity contribution in [2.24, 2.45) is 0 Å². The van der Waals surface area contributed by atoms with Gasteiger partial charge in [0.1, 0.15) is 17.1 Å². The highest BCUT2D eigenvalue weighted by Crippen LogP contribution is 2.44. The van der Waals surface area contributed by atoms with E-state index in [1.54, 1.807) is 13.2 Å². The van der Waals surface area contributed by atoms with Crippen molar-refractivity contribution in [2.45, 2.75) is 26.3 Å². The van der Waals surface area contributed by atoms with Crippen LogP contribution in [0.2, 0.25) is 0 Å². The maximum Gasteiger partial charge on any atom is 0.273 e. The number of aryl methyl sites for hydroxylation is 2. The fraction of sp³-hybridized carbons (Fsp3) is 0.304. The van der Waals surface area contributed by atoms with E-state index in [0.29, 0.717) is 30.1 Å². The van der Waals surface area contributed by atoms with E-state index in [-0.39, 0.29) is 17.7 Å². The number of aromatic hydroxyl groups is 1. The van der Waals surface area contributed by atoms with Gasteiger partial charge < -0.3 is 14.7 Å². The van der Waals surface area contributed by atoms with Gasteiger partial charge in [0.15, 0.2) is 0 Å². The van der Waals surface area contributed by atoms with Gasteiger partial charge in [-0.05, 0) is 38.0 Å². The Balaban J connectivity index is 1.85. The lowest BCUT2D eigenvalue weighted by atomic mass is 9.94. The maximum absolute atomic E-state index is 13.2. The average molecular weight is 391 g/mol. The van der Waals surface area contributed by atoms with Gasteiger partial charge in [-0.15, -0.1) is 0 Å². The van der Waals surface area contributed by atoms with Gasteiger partial charge >= 0.3 is 0 Å². The maximum atomic E-state index is 13.2. The predicted molar refractivity (Wildman–Crippen MR) is 111 cm³/mol. The lowest BCUT2D eigenvalue weighted by molar-refractivity contribution is 0.0723. The first kappa shape index (κ1) is 19.2. The molecular formula is C23H25N3O3. The second kappa shape index (κ2) is 7.72. The summed E-state index contributed by atoms with van der Waals surface area (Å²) in [7, 11) is 1.66. The molecule has 0 saturated heterocycles. The molecule has 2 N–H and O–H groups in total. The number of aromatic amines is 1. The van der Waals surface area contributed by atoms with Crippen LogP contribution in [0.4, 0.5) is 0 Å². The van der Waals surface area contributed by atoms with Crippen LogP contribution >= 0.6 is 0 Å². The number of hydrogen-bond acceptors (Lipinski definition) is 4. The van der Waals surface area contributed by atoms with E-state index in [2.05, 4.69) is 34.5 Å². The van der Waals surface area contributed by atoms with Gasteiger partial charge in [0.2, 0.25) is 0 Å². The second-order valence-electron chi connectivity index (χ2n) is 7.54. The summed E-state index contributed by atoms with van der Waals surface area (Å²) >= 11 is 0. The first-order valence-corrected chi connectivity index (χ1v) is 9.76. The SMILES string of the molecule is COCCCN1C(=O)c2[nH]nc(-c3cc(C)ccc3O)c2[C@H]1c1ccc(C)cc1. The normalized spacial score (nSPS) is 15.8. The zero-order valence-electron chi connectivity index (χ0n) is 16.9. The number of methoxy groups -OCH3 is 1. The van der Waals surface area contributed by atoms with Crippen LogP contribution in [0.1, 0.15) is 45.2 Å². The van der Waals surface area contributed by atoms with Crippen LogP contribution in [0.15, 0.2) is 42.5 Å². The molecule has 2 heterocycles. The van der Waals surface area contributed by atoms with Crippen molar-refractivity contribution < 1.29 is 14.6 Å². The van der Waals surface area contributed by atoms with E-state index in [4.69, 9.17) is 4.74 Å². The van der Waals surface area contributed by atoms with Gasteiger partial charge in [-0.3, -0.25) is 9.89 Å². The number of phenolic OH excluding ortho intramolecular Hbond substituents is 1. The van der Waals surface area contributed by atoms with Gasteiger partial charge in [0, 0.05) is 31.4 Å². The first-order chi connectivity index (χ1) is 14.0. The van der Waals surface area contributed by atoms with E-state index in [9.17, 15) is 9.90 Å². The Hall–Kier alpha value is -3.12. The van der Waals surface area contributed by atoms with Crippen molar-refractivity contribution >= 4 is 5.91 Å².